The molecule has 2 aliphatic heterocycles. The Bertz CT molecular complexity index is 1360. The Kier molecular flexibility index (Phi) is 6.23. The first-order chi connectivity index (χ1) is 18.4. The van der Waals surface area contributed by atoms with Crippen molar-refractivity contribution in [2.45, 2.75) is 24.7 Å². The van der Waals surface area contributed by atoms with Crippen LogP contribution in [0.2, 0.25) is 0 Å². The first-order valence-corrected chi connectivity index (χ1v) is 13.1. The van der Waals surface area contributed by atoms with Crippen molar-refractivity contribution >= 4 is 40.4 Å². The van der Waals surface area contributed by atoms with Crippen LogP contribution in [0.25, 0.3) is 0 Å². The van der Waals surface area contributed by atoms with Crippen molar-refractivity contribution in [2.75, 3.05) is 60.2 Å². The number of nitrogens with one attached hydrogen (secondary N) is 2. The third-order valence-electron chi connectivity index (χ3n) is 7.97. The molecule has 8 nitrogen and oxygen atoms in total. The number of piperazine rings is 1. The van der Waals surface area contributed by atoms with Crippen LogP contribution < -0.4 is 20.4 Å². The van der Waals surface area contributed by atoms with E-state index >= 15 is 0 Å². The van der Waals surface area contributed by atoms with Crippen LogP contribution in [-0.2, 0) is 10.2 Å². The predicted octanol–water partition coefficient (Wildman–Crippen LogP) is 4.81. The van der Waals surface area contributed by atoms with Gasteiger partial charge in [0.05, 0.1) is 6.20 Å². The van der Waals surface area contributed by atoms with Crippen molar-refractivity contribution in [1.29, 1.82) is 0 Å². The van der Waals surface area contributed by atoms with Gasteiger partial charge in [0.15, 0.2) is 11.6 Å². The molecule has 3 heterocycles. The van der Waals surface area contributed by atoms with Gasteiger partial charge in [-0.25, -0.2) is 9.37 Å². The van der Waals surface area contributed by atoms with Crippen LogP contribution in [0.3, 0.4) is 0 Å². The molecule has 196 valence electrons. The second-order valence-electron chi connectivity index (χ2n) is 10.4. The van der Waals surface area contributed by atoms with Crippen LogP contribution in [-0.4, -0.2) is 60.5 Å². The van der Waals surface area contributed by atoms with Crippen LogP contribution in [0, 0.1) is 5.82 Å². The van der Waals surface area contributed by atoms with Gasteiger partial charge in [-0.2, -0.15) is 4.98 Å². The third kappa shape index (κ3) is 4.69. The quantitative estimate of drug-likeness (QED) is 0.458. The third-order valence-corrected chi connectivity index (χ3v) is 7.97. The Morgan fingerprint density at radius 3 is 2.45 bits per heavy atom. The summed E-state index contributed by atoms with van der Waals surface area (Å²) in [5.74, 6) is -0.330. The SMILES string of the molecule is C=CC(=O)N1CCC2(CC2)c2ccc(Nc3nc(Nc4ccc(N5CCN(C)CC5)cc4)ncc3F)cc21. The van der Waals surface area contributed by atoms with E-state index < -0.39 is 5.82 Å². The number of fused-ring (bicyclic) bond motifs is 2. The molecule has 38 heavy (non-hydrogen) atoms. The van der Waals surface area contributed by atoms with Crippen molar-refractivity contribution in [1.82, 2.24) is 14.9 Å². The summed E-state index contributed by atoms with van der Waals surface area (Å²) in [5.41, 5.74) is 4.86. The van der Waals surface area contributed by atoms with Gasteiger partial charge in [-0.05, 0) is 79.8 Å². The average Bonchev–Trinajstić information content (AvgIpc) is 3.71. The van der Waals surface area contributed by atoms with Crippen molar-refractivity contribution in [3.63, 3.8) is 0 Å². The van der Waals surface area contributed by atoms with E-state index in [-0.39, 0.29) is 17.1 Å². The maximum Gasteiger partial charge on any atom is 0.250 e. The molecular weight excluding hydrogens is 481 g/mol. The zero-order valence-corrected chi connectivity index (χ0v) is 21.6. The molecule has 1 saturated carbocycles. The van der Waals surface area contributed by atoms with Crippen LogP contribution in [0.1, 0.15) is 24.8 Å². The van der Waals surface area contributed by atoms with Gasteiger partial charge in [0.25, 0.3) is 0 Å². The summed E-state index contributed by atoms with van der Waals surface area (Å²) in [6.07, 6.45) is 5.72. The number of carbonyl (C=O) groups excluding carboxylic acids is 1. The summed E-state index contributed by atoms with van der Waals surface area (Å²) < 4.78 is 14.7. The summed E-state index contributed by atoms with van der Waals surface area (Å²) in [6, 6.07) is 14.0. The fraction of sp³-hybridized carbons (Fsp3) is 0.345. The molecule has 1 saturated heterocycles. The number of anilines is 6. The molecule has 0 radical (unpaired) electrons. The fourth-order valence-corrected chi connectivity index (χ4v) is 5.47. The first-order valence-electron chi connectivity index (χ1n) is 13.1. The molecule has 2 aromatic carbocycles. The Morgan fingerprint density at radius 1 is 1.00 bits per heavy atom. The van der Waals surface area contributed by atoms with Crippen molar-refractivity contribution in [2.24, 2.45) is 0 Å². The van der Waals surface area contributed by atoms with Gasteiger partial charge in [-0.3, -0.25) is 4.79 Å². The molecular formula is C29H32FN7O. The monoisotopic (exact) mass is 513 g/mol. The second-order valence-corrected chi connectivity index (χ2v) is 10.4. The Morgan fingerprint density at radius 2 is 1.74 bits per heavy atom. The van der Waals surface area contributed by atoms with Crippen LogP contribution in [0.15, 0.2) is 61.3 Å². The lowest BCUT2D eigenvalue weighted by molar-refractivity contribution is -0.114. The molecule has 2 N–H and O–H groups in total. The molecule has 2 fully saturated rings. The van der Waals surface area contributed by atoms with Gasteiger partial charge in [0.1, 0.15) is 0 Å². The minimum Gasteiger partial charge on any atom is -0.369 e. The summed E-state index contributed by atoms with van der Waals surface area (Å²) in [5, 5.41) is 6.26. The predicted molar refractivity (Wildman–Crippen MR) is 149 cm³/mol. The van der Waals surface area contributed by atoms with E-state index in [4.69, 9.17) is 0 Å². The number of hydrogen-bond donors (Lipinski definition) is 2. The molecule has 3 aromatic rings. The largest absolute Gasteiger partial charge is 0.369 e. The number of rotatable bonds is 6. The van der Waals surface area contributed by atoms with E-state index in [0.29, 0.717) is 18.2 Å². The minimum atomic E-state index is -0.559. The number of hydrogen-bond acceptors (Lipinski definition) is 7. The highest BCUT2D eigenvalue weighted by atomic mass is 19.1. The topological polar surface area (TPSA) is 76.6 Å². The molecule has 9 heteroatoms. The van der Waals surface area contributed by atoms with Gasteiger partial charge in [0.2, 0.25) is 11.9 Å². The Hall–Kier alpha value is -3.98. The van der Waals surface area contributed by atoms with Crippen LogP contribution in [0.5, 0.6) is 0 Å². The molecule has 0 unspecified atom stereocenters. The van der Waals surface area contributed by atoms with E-state index in [1.807, 2.05) is 30.3 Å². The van der Waals surface area contributed by atoms with Gasteiger partial charge >= 0.3 is 0 Å². The summed E-state index contributed by atoms with van der Waals surface area (Å²) in [7, 11) is 2.14. The number of likely N-dealkylation sites (N-methyl/N-ethyl adjacent to an activating group) is 1. The van der Waals surface area contributed by atoms with E-state index in [9.17, 15) is 9.18 Å². The Labute approximate surface area is 222 Å². The summed E-state index contributed by atoms with van der Waals surface area (Å²) in [4.78, 5) is 27.5. The smallest absolute Gasteiger partial charge is 0.250 e. The van der Waals surface area contributed by atoms with Crippen LogP contribution >= 0.6 is 0 Å². The highest BCUT2D eigenvalue weighted by Crippen LogP contribution is 2.56. The lowest BCUT2D eigenvalue weighted by Gasteiger charge is -2.34. The van der Waals surface area contributed by atoms with Crippen molar-refractivity contribution in [3.05, 3.63) is 72.7 Å². The van der Waals surface area contributed by atoms with Crippen LogP contribution in [0.4, 0.5) is 38.9 Å². The number of halogens is 1. The summed E-state index contributed by atoms with van der Waals surface area (Å²) in [6.45, 7) is 8.41. The molecule has 6 rings (SSSR count). The van der Waals surface area contributed by atoms with Gasteiger partial charge in [-0.1, -0.05) is 12.6 Å². The Balaban J connectivity index is 1.19. The molecule has 1 aliphatic carbocycles. The van der Waals surface area contributed by atoms with Gasteiger partial charge < -0.3 is 25.3 Å². The fourth-order valence-electron chi connectivity index (χ4n) is 5.47. The molecule has 3 aliphatic rings. The molecule has 1 amide bonds. The number of amides is 1. The average molecular weight is 514 g/mol. The highest BCUT2D eigenvalue weighted by molar-refractivity contribution is 6.02. The van der Waals surface area contributed by atoms with E-state index in [1.54, 1.807) is 4.90 Å². The number of carbonyl (C=O) groups is 1. The molecule has 0 bridgehead atoms. The maximum absolute atomic E-state index is 14.7. The summed E-state index contributed by atoms with van der Waals surface area (Å²) >= 11 is 0. The highest BCUT2D eigenvalue weighted by Gasteiger charge is 2.49. The molecule has 0 atom stereocenters. The zero-order valence-electron chi connectivity index (χ0n) is 21.6. The van der Waals surface area contributed by atoms with E-state index in [0.717, 1.165) is 63.0 Å². The van der Waals surface area contributed by atoms with Gasteiger partial charge in [-0.15, -0.1) is 0 Å². The normalized spacial score (nSPS) is 18.2. The first kappa shape index (κ1) is 24.4. The second kappa shape index (κ2) is 9.72. The number of benzene rings is 2. The lowest BCUT2D eigenvalue weighted by Crippen LogP contribution is -2.44. The number of aromatic nitrogens is 2. The van der Waals surface area contributed by atoms with Gasteiger partial charge in [0, 0.05) is 55.5 Å². The lowest BCUT2D eigenvalue weighted by atomic mass is 9.86. The maximum atomic E-state index is 14.7. The number of nitrogens with zero attached hydrogens (tertiary/aromatic N) is 5. The van der Waals surface area contributed by atoms with E-state index in [1.165, 1.54) is 17.3 Å². The zero-order chi connectivity index (χ0) is 26.3. The van der Waals surface area contributed by atoms with Crippen molar-refractivity contribution < 1.29 is 9.18 Å². The molecule has 1 aromatic heterocycles. The minimum absolute atomic E-state index is 0.0649. The standard InChI is InChI=1S/C29H32FN7O/c1-3-26(38)37-13-12-29(10-11-29)23-9-6-21(18-25(23)37)32-27-24(30)19-31-28(34-27)33-20-4-7-22(8-5-20)36-16-14-35(2)15-17-36/h3-9,18-19H,1,10-17H2,2H3,(H2,31,32,33,34). The van der Waals surface area contributed by atoms with Crippen molar-refractivity contribution in [3.8, 4) is 0 Å². The van der Waals surface area contributed by atoms with E-state index in [2.05, 4.69) is 56.2 Å². The molecule has 1 spiro atoms.